The zero-order chi connectivity index (χ0) is 26.9. The fourth-order valence-electron chi connectivity index (χ4n) is 5.71. The first-order chi connectivity index (χ1) is 18.2. The van der Waals surface area contributed by atoms with E-state index in [1.807, 2.05) is 42.7 Å². The Kier molecular flexibility index (Phi) is 7.29. The number of carbonyl (C=O) groups is 2. The van der Waals surface area contributed by atoms with E-state index >= 15 is 0 Å². The van der Waals surface area contributed by atoms with Crippen molar-refractivity contribution in [1.82, 2.24) is 20.2 Å². The summed E-state index contributed by atoms with van der Waals surface area (Å²) in [6.45, 7) is 5.98. The first-order valence-corrected chi connectivity index (χ1v) is 13.1. The molecular weight excluding hydrogens is 488 g/mol. The van der Waals surface area contributed by atoms with Gasteiger partial charge in [-0.05, 0) is 74.1 Å². The summed E-state index contributed by atoms with van der Waals surface area (Å²) < 4.78 is 30.6. The van der Waals surface area contributed by atoms with E-state index in [9.17, 15) is 18.4 Å². The Morgan fingerprint density at radius 1 is 1.13 bits per heavy atom. The van der Waals surface area contributed by atoms with Gasteiger partial charge in [0.05, 0.1) is 0 Å². The molecule has 1 aliphatic heterocycles. The predicted octanol–water partition coefficient (Wildman–Crippen LogP) is 4.83. The number of benzene rings is 1. The van der Waals surface area contributed by atoms with Gasteiger partial charge in [-0.1, -0.05) is 12.1 Å². The van der Waals surface area contributed by atoms with Crippen molar-refractivity contribution < 1.29 is 18.4 Å². The van der Waals surface area contributed by atoms with Crippen LogP contribution in [0.3, 0.4) is 0 Å². The SMILES string of the molecule is Cc1ccnc(C)c1-c1ccc(NC(=O)[C@@H](NC(=O)c2ccc3n2CCNC3)[C@H]2CCCC(F)(F)C2)cc1. The van der Waals surface area contributed by atoms with Crippen LogP contribution in [0.4, 0.5) is 14.5 Å². The van der Waals surface area contributed by atoms with Crippen LogP contribution in [0.2, 0.25) is 0 Å². The molecule has 2 aromatic heterocycles. The third kappa shape index (κ3) is 5.48. The summed E-state index contributed by atoms with van der Waals surface area (Å²) in [7, 11) is 0. The molecule has 0 unspecified atom stereocenters. The minimum absolute atomic E-state index is 0.195. The number of aryl methyl sites for hydroxylation is 2. The minimum Gasteiger partial charge on any atom is -0.339 e. The van der Waals surface area contributed by atoms with E-state index < -0.39 is 36.1 Å². The number of fused-ring (bicyclic) bond motifs is 1. The maximum atomic E-state index is 14.4. The average Bonchev–Trinajstić information content (AvgIpc) is 3.32. The van der Waals surface area contributed by atoms with E-state index in [1.54, 1.807) is 24.4 Å². The molecule has 7 nitrogen and oxygen atoms in total. The zero-order valence-corrected chi connectivity index (χ0v) is 21.7. The van der Waals surface area contributed by atoms with Crippen molar-refractivity contribution >= 4 is 17.5 Å². The predicted molar refractivity (Wildman–Crippen MR) is 142 cm³/mol. The van der Waals surface area contributed by atoms with Crippen LogP contribution in [0.5, 0.6) is 0 Å². The standard InChI is InChI=1S/C29H33F2N5O2/c1-18-11-13-33-19(2)25(18)20-5-7-22(8-6-20)34-28(38)26(21-4-3-12-29(30,31)16-21)35-27(37)24-10-9-23-17-32-14-15-36(23)24/h5-11,13,21,26,32H,3-4,12,14-17H2,1-2H3,(H,34,38)(H,35,37)/t21-,26-/m0/s1. The third-order valence-corrected chi connectivity index (χ3v) is 7.63. The van der Waals surface area contributed by atoms with Gasteiger partial charge in [0.15, 0.2) is 0 Å². The van der Waals surface area contributed by atoms with Gasteiger partial charge in [-0.15, -0.1) is 0 Å². The smallest absolute Gasteiger partial charge is 0.268 e. The van der Waals surface area contributed by atoms with E-state index in [4.69, 9.17) is 0 Å². The molecule has 3 heterocycles. The second-order valence-corrected chi connectivity index (χ2v) is 10.4. The molecule has 0 saturated heterocycles. The van der Waals surface area contributed by atoms with Crippen molar-refractivity contribution in [2.75, 3.05) is 11.9 Å². The summed E-state index contributed by atoms with van der Waals surface area (Å²) in [6, 6.07) is 11.8. The fraction of sp³-hybridized carbons (Fsp3) is 0.414. The number of hydrogen-bond acceptors (Lipinski definition) is 4. The van der Waals surface area contributed by atoms with Gasteiger partial charge in [0, 0.05) is 61.3 Å². The lowest BCUT2D eigenvalue weighted by Crippen LogP contribution is -2.51. The number of carbonyl (C=O) groups excluding carboxylic acids is 2. The summed E-state index contributed by atoms with van der Waals surface area (Å²) in [6.07, 6.45) is 1.90. The lowest BCUT2D eigenvalue weighted by molar-refractivity contribution is -0.121. The van der Waals surface area contributed by atoms with Gasteiger partial charge in [0.2, 0.25) is 11.8 Å². The molecule has 1 fully saturated rings. The molecule has 38 heavy (non-hydrogen) atoms. The Hall–Kier alpha value is -3.59. The second kappa shape index (κ2) is 10.6. The van der Waals surface area contributed by atoms with Crippen LogP contribution in [0, 0.1) is 19.8 Å². The number of anilines is 1. The van der Waals surface area contributed by atoms with E-state index in [2.05, 4.69) is 20.9 Å². The van der Waals surface area contributed by atoms with Crippen LogP contribution >= 0.6 is 0 Å². The number of amides is 2. The second-order valence-electron chi connectivity index (χ2n) is 10.4. The summed E-state index contributed by atoms with van der Waals surface area (Å²) in [5, 5.41) is 8.93. The molecule has 0 spiro atoms. The van der Waals surface area contributed by atoms with Gasteiger partial charge in [-0.25, -0.2) is 8.78 Å². The highest BCUT2D eigenvalue weighted by Gasteiger charge is 2.42. The van der Waals surface area contributed by atoms with Gasteiger partial charge < -0.3 is 20.5 Å². The van der Waals surface area contributed by atoms with E-state index in [0.29, 0.717) is 37.3 Å². The number of alkyl halides is 2. The van der Waals surface area contributed by atoms with Gasteiger partial charge in [0.1, 0.15) is 11.7 Å². The molecule has 9 heteroatoms. The summed E-state index contributed by atoms with van der Waals surface area (Å²) in [4.78, 5) is 31.1. The molecule has 5 rings (SSSR count). The number of halogens is 2. The lowest BCUT2D eigenvalue weighted by atomic mass is 9.81. The first kappa shape index (κ1) is 26.0. The van der Waals surface area contributed by atoms with Crippen LogP contribution in [0.1, 0.15) is 53.1 Å². The van der Waals surface area contributed by atoms with Crippen molar-refractivity contribution in [3.63, 3.8) is 0 Å². The highest BCUT2D eigenvalue weighted by Crippen LogP contribution is 2.38. The molecule has 2 amide bonds. The molecule has 0 bridgehead atoms. The van der Waals surface area contributed by atoms with Crippen molar-refractivity contribution in [2.45, 2.75) is 64.6 Å². The van der Waals surface area contributed by atoms with Crippen molar-refractivity contribution in [1.29, 1.82) is 0 Å². The van der Waals surface area contributed by atoms with Gasteiger partial charge >= 0.3 is 0 Å². The van der Waals surface area contributed by atoms with Crippen molar-refractivity contribution in [3.8, 4) is 11.1 Å². The molecule has 2 aliphatic rings. The van der Waals surface area contributed by atoms with Crippen LogP contribution in [0.15, 0.2) is 48.7 Å². The Bertz CT molecular complexity index is 1310. The summed E-state index contributed by atoms with van der Waals surface area (Å²) in [5.41, 5.74) is 5.95. The highest BCUT2D eigenvalue weighted by molar-refractivity contribution is 6.01. The Morgan fingerprint density at radius 3 is 2.66 bits per heavy atom. The third-order valence-electron chi connectivity index (χ3n) is 7.63. The number of hydrogen-bond donors (Lipinski definition) is 3. The number of pyridine rings is 1. The molecule has 1 aromatic carbocycles. The highest BCUT2D eigenvalue weighted by atomic mass is 19.3. The normalized spacial score (nSPS) is 19.3. The molecule has 200 valence electrons. The van der Waals surface area contributed by atoms with Gasteiger partial charge in [-0.2, -0.15) is 0 Å². The molecule has 1 aliphatic carbocycles. The van der Waals surface area contributed by atoms with Crippen LogP contribution in [-0.4, -0.2) is 39.9 Å². The molecule has 2 atom stereocenters. The summed E-state index contributed by atoms with van der Waals surface area (Å²) >= 11 is 0. The largest absolute Gasteiger partial charge is 0.339 e. The lowest BCUT2D eigenvalue weighted by Gasteiger charge is -2.34. The van der Waals surface area contributed by atoms with Crippen LogP contribution in [0.25, 0.3) is 11.1 Å². The minimum atomic E-state index is -2.85. The Morgan fingerprint density at radius 2 is 1.92 bits per heavy atom. The quantitative estimate of drug-likeness (QED) is 0.434. The van der Waals surface area contributed by atoms with E-state index in [1.165, 1.54) is 0 Å². The molecule has 3 aromatic rings. The molecule has 0 radical (unpaired) electrons. The topological polar surface area (TPSA) is 88.1 Å². The Balaban J connectivity index is 1.36. The van der Waals surface area contributed by atoms with E-state index in [-0.39, 0.29) is 6.42 Å². The van der Waals surface area contributed by atoms with Crippen molar-refractivity contribution in [3.05, 3.63) is 71.3 Å². The average molecular weight is 522 g/mol. The fourth-order valence-corrected chi connectivity index (χ4v) is 5.71. The van der Waals surface area contributed by atoms with Crippen LogP contribution < -0.4 is 16.0 Å². The monoisotopic (exact) mass is 521 g/mol. The number of rotatable bonds is 6. The van der Waals surface area contributed by atoms with E-state index in [0.717, 1.165) is 34.6 Å². The zero-order valence-electron chi connectivity index (χ0n) is 21.7. The summed E-state index contributed by atoms with van der Waals surface area (Å²) in [5.74, 6) is -4.44. The molecular formula is C29H33F2N5O2. The molecule has 1 saturated carbocycles. The maximum Gasteiger partial charge on any atom is 0.268 e. The first-order valence-electron chi connectivity index (χ1n) is 13.1. The number of aromatic nitrogens is 2. The van der Waals surface area contributed by atoms with Gasteiger partial charge in [0.25, 0.3) is 5.91 Å². The molecule has 3 N–H and O–H groups in total. The number of nitrogens with zero attached hydrogens (tertiary/aromatic N) is 2. The van der Waals surface area contributed by atoms with Crippen molar-refractivity contribution in [2.24, 2.45) is 5.92 Å². The number of nitrogens with one attached hydrogen (secondary N) is 3. The maximum absolute atomic E-state index is 14.4. The van der Waals surface area contributed by atoms with Crippen LogP contribution in [-0.2, 0) is 17.9 Å². The van der Waals surface area contributed by atoms with Gasteiger partial charge in [-0.3, -0.25) is 14.6 Å². The Labute approximate surface area is 221 Å².